The molecule has 36 heavy (non-hydrogen) atoms. The van der Waals surface area contributed by atoms with Crippen LogP contribution in [0.15, 0.2) is 80.9 Å². The van der Waals surface area contributed by atoms with E-state index in [9.17, 15) is 9.59 Å². The van der Waals surface area contributed by atoms with Crippen molar-refractivity contribution in [2.24, 2.45) is 11.0 Å². The molecule has 8 nitrogen and oxygen atoms in total. The van der Waals surface area contributed by atoms with E-state index >= 15 is 0 Å². The number of hydrogen-bond donors (Lipinski definition) is 2. The average Bonchev–Trinajstić information content (AvgIpc) is 3.62. The van der Waals surface area contributed by atoms with Gasteiger partial charge in [-0.2, -0.15) is 5.10 Å². The van der Waals surface area contributed by atoms with Gasteiger partial charge in [0.05, 0.1) is 12.8 Å². The van der Waals surface area contributed by atoms with Crippen molar-refractivity contribution in [1.82, 2.24) is 5.01 Å². The number of fused-ring (bicyclic) bond motifs is 1. The molecule has 2 amide bonds. The molecule has 5 rings (SSSR count). The lowest BCUT2D eigenvalue weighted by Gasteiger charge is -2.21. The smallest absolute Gasteiger partial charge is 0.262 e. The lowest BCUT2D eigenvalue weighted by atomic mass is 10.1. The van der Waals surface area contributed by atoms with E-state index in [4.69, 9.17) is 8.83 Å². The van der Waals surface area contributed by atoms with Crippen molar-refractivity contribution in [3.05, 3.63) is 84.0 Å². The summed E-state index contributed by atoms with van der Waals surface area (Å²) in [5.74, 6) is 0.898. The zero-order valence-electron chi connectivity index (χ0n) is 20.4. The summed E-state index contributed by atoms with van der Waals surface area (Å²) >= 11 is 0. The predicted octanol–water partition coefficient (Wildman–Crippen LogP) is 5.72. The minimum atomic E-state index is -0.365. The average molecular weight is 485 g/mol. The number of nitrogens with one attached hydrogen (secondary N) is 2. The number of aryl methyl sites for hydroxylation is 1. The van der Waals surface area contributed by atoms with Crippen LogP contribution in [0.2, 0.25) is 0 Å². The second-order valence-electron chi connectivity index (χ2n) is 9.20. The number of nitrogens with zero attached hydrogens (tertiary/aromatic N) is 2. The standard InChI is InChI=1S/C28H28N4O4/c1-17(2)28(34)30-20-11-10-18(3)21(14-20)29-16-27(33)32-23(25-9-6-12-35-25)15-22(31-32)26-13-19-7-4-5-8-24(19)36-26/h4-14,17,23,29H,15-16H2,1-3H3,(H,30,34). The normalized spacial score (nSPS) is 15.4. The molecule has 2 aromatic carbocycles. The molecule has 0 saturated carbocycles. The van der Waals surface area contributed by atoms with E-state index in [0.717, 1.165) is 22.2 Å². The van der Waals surface area contributed by atoms with Crippen LogP contribution >= 0.6 is 0 Å². The Kier molecular flexibility index (Phi) is 6.33. The van der Waals surface area contributed by atoms with Crippen LogP contribution in [0.1, 0.15) is 43.4 Å². The van der Waals surface area contributed by atoms with Crippen LogP contribution in [0, 0.1) is 12.8 Å². The molecular weight excluding hydrogens is 456 g/mol. The summed E-state index contributed by atoms with van der Waals surface area (Å²) in [6, 6.07) is 18.6. The molecule has 1 unspecified atom stereocenters. The van der Waals surface area contributed by atoms with Gasteiger partial charge in [0.15, 0.2) is 5.76 Å². The minimum Gasteiger partial charge on any atom is -0.467 e. The molecule has 8 heteroatoms. The Morgan fingerprint density at radius 1 is 1.11 bits per heavy atom. The molecule has 3 heterocycles. The number of amides is 2. The molecule has 0 fully saturated rings. The van der Waals surface area contributed by atoms with Gasteiger partial charge < -0.3 is 19.5 Å². The first-order chi connectivity index (χ1) is 17.4. The third-order valence-corrected chi connectivity index (χ3v) is 6.21. The molecule has 0 aliphatic carbocycles. The molecule has 0 spiro atoms. The summed E-state index contributed by atoms with van der Waals surface area (Å²) in [5.41, 5.74) is 3.86. The van der Waals surface area contributed by atoms with Crippen molar-refractivity contribution in [1.29, 1.82) is 0 Å². The van der Waals surface area contributed by atoms with Crippen molar-refractivity contribution >= 4 is 39.9 Å². The molecule has 1 aliphatic rings. The summed E-state index contributed by atoms with van der Waals surface area (Å²) < 4.78 is 11.6. The molecule has 2 N–H and O–H groups in total. The Labute approximate surface area is 209 Å². The van der Waals surface area contributed by atoms with Crippen LogP contribution in [-0.4, -0.2) is 29.1 Å². The SMILES string of the molecule is Cc1ccc(NC(=O)C(C)C)cc1NCC(=O)N1N=C(c2cc3ccccc3o2)CC1c1ccco1. The topological polar surface area (TPSA) is 100 Å². The van der Waals surface area contributed by atoms with Crippen LogP contribution in [0.3, 0.4) is 0 Å². The van der Waals surface area contributed by atoms with E-state index in [0.29, 0.717) is 29.3 Å². The molecular formula is C28H28N4O4. The molecule has 0 radical (unpaired) electrons. The van der Waals surface area contributed by atoms with Crippen LogP contribution in [0.25, 0.3) is 11.0 Å². The first kappa shape index (κ1) is 23.4. The number of benzene rings is 2. The van der Waals surface area contributed by atoms with E-state index in [1.807, 2.05) is 75.4 Å². The number of furan rings is 2. The van der Waals surface area contributed by atoms with Crippen LogP contribution in [0.4, 0.5) is 11.4 Å². The van der Waals surface area contributed by atoms with E-state index in [-0.39, 0.29) is 30.3 Å². The number of carbonyl (C=O) groups is 2. The summed E-state index contributed by atoms with van der Waals surface area (Å²) in [7, 11) is 0. The fraction of sp³-hybridized carbons (Fsp3) is 0.250. The van der Waals surface area contributed by atoms with Gasteiger partial charge in [-0.25, -0.2) is 5.01 Å². The van der Waals surface area contributed by atoms with E-state index in [2.05, 4.69) is 15.7 Å². The number of para-hydroxylation sites is 1. The summed E-state index contributed by atoms with van der Waals surface area (Å²) in [4.78, 5) is 25.4. The highest BCUT2D eigenvalue weighted by Crippen LogP contribution is 2.34. The molecule has 4 aromatic rings. The van der Waals surface area contributed by atoms with Crippen LogP contribution < -0.4 is 10.6 Å². The number of rotatable bonds is 7. The lowest BCUT2D eigenvalue weighted by molar-refractivity contribution is -0.131. The molecule has 1 atom stereocenters. The second-order valence-corrected chi connectivity index (χ2v) is 9.20. The van der Waals surface area contributed by atoms with Gasteiger partial charge in [0.2, 0.25) is 5.91 Å². The van der Waals surface area contributed by atoms with Gasteiger partial charge in [0.1, 0.15) is 23.1 Å². The third kappa shape index (κ3) is 4.75. The van der Waals surface area contributed by atoms with Gasteiger partial charge in [-0.3, -0.25) is 9.59 Å². The fourth-order valence-corrected chi connectivity index (χ4v) is 4.14. The summed E-state index contributed by atoms with van der Waals surface area (Å²) in [6.07, 6.45) is 2.07. The quantitative estimate of drug-likeness (QED) is 0.350. The van der Waals surface area contributed by atoms with Gasteiger partial charge >= 0.3 is 0 Å². The minimum absolute atomic E-state index is 0.0243. The van der Waals surface area contributed by atoms with Gasteiger partial charge in [-0.05, 0) is 48.9 Å². The summed E-state index contributed by atoms with van der Waals surface area (Å²) in [5, 5.41) is 13.2. The highest BCUT2D eigenvalue weighted by molar-refractivity contribution is 6.03. The van der Waals surface area contributed by atoms with E-state index in [1.54, 1.807) is 12.3 Å². The highest BCUT2D eigenvalue weighted by Gasteiger charge is 2.35. The Hall–Kier alpha value is -4.33. The Bertz CT molecular complexity index is 1400. The van der Waals surface area contributed by atoms with Gasteiger partial charge in [-0.1, -0.05) is 38.1 Å². The zero-order valence-corrected chi connectivity index (χ0v) is 20.4. The van der Waals surface area contributed by atoms with Crippen molar-refractivity contribution < 1.29 is 18.4 Å². The van der Waals surface area contributed by atoms with E-state index < -0.39 is 0 Å². The Morgan fingerprint density at radius 3 is 2.69 bits per heavy atom. The fourth-order valence-electron chi connectivity index (χ4n) is 4.14. The van der Waals surface area contributed by atoms with Crippen LogP contribution in [-0.2, 0) is 9.59 Å². The van der Waals surface area contributed by atoms with Crippen LogP contribution in [0.5, 0.6) is 0 Å². The maximum Gasteiger partial charge on any atom is 0.262 e. The molecule has 0 saturated heterocycles. The first-order valence-corrected chi connectivity index (χ1v) is 12.0. The molecule has 184 valence electrons. The van der Waals surface area contributed by atoms with Crippen molar-refractivity contribution in [2.45, 2.75) is 33.2 Å². The maximum atomic E-state index is 13.4. The first-order valence-electron chi connectivity index (χ1n) is 12.0. The largest absolute Gasteiger partial charge is 0.467 e. The third-order valence-electron chi connectivity index (χ3n) is 6.21. The molecule has 0 bridgehead atoms. The number of carbonyl (C=O) groups excluding carboxylic acids is 2. The highest BCUT2D eigenvalue weighted by atomic mass is 16.3. The monoisotopic (exact) mass is 484 g/mol. The van der Waals surface area contributed by atoms with E-state index in [1.165, 1.54) is 5.01 Å². The number of hydrazone groups is 1. The van der Waals surface area contributed by atoms with Crippen molar-refractivity contribution in [3.8, 4) is 0 Å². The number of hydrogen-bond acceptors (Lipinski definition) is 6. The second kappa shape index (κ2) is 9.73. The lowest BCUT2D eigenvalue weighted by Crippen LogP contribution is -2.32. The zero-order chi connectivity index (χ0) is 25.2. The summed E-state index contributed by atoms with van der Waals surface area (Å²) in [6.45, 7) is 5.65. The van der Waals surface area contributed by atoms with Gasteiger partial charge in [0, 0.05) is 29.1 Å². The Morgan fingerprint density at radius 2 is 1.94 bits per heavy atom. The molecule has 1 aliphatic heterocycles. The van der Waals surface area contributed by atoms with Gasteiger partial charge in [0.25, 0.3) is 5.91 Å². The van der Waals surface area contributed by atoms with Crippen molar-refractivity contribution in [3.63, 3.8) is 0 Å². The van der Waals surface area contributed by atoms with Gasteiger partial charge in [-0.15, -0.1) is 0 Å². The number of anilines is 2. The molecule has 2 aromatic heterocycles. The predicted molar refractivity (Wildman–Crippen MR) is 139 cm³/mol. The van der Waals surface area contributed by atoms with Crippen molar-refractivity contribution in [2.75, 3.05) is 17.2 Å². The Balaban J connectivity index is 1.35. The maximum absolute atomic E-state index is 13.4.